The Morgan fingerprint density at radius 3 is 1.61 bits per heavy atom. The number of hydrogen-bond donors (Lipinski definition) is 0. The van der Waals surface area contributed by atoms with Crippen molar-refractivity contribution in [2.24, 2.45) is 0 Å². The fraction of sp³-hybridized carbons (Fsp3) is 0.0800. The molecule has 0 atom stereocenters. The van der Waals surface area contributed by atoms with Crippen LogP contribution < -0.4 is 23.7 Å². The van der Waals surface area contributed by atoms with E-state index in [-0.39, 0.29) is 28.4 Å². The molecule has 0 saturated carbocycles. The average Bonchev–Trinajstić information content (AvgIpc) is 2.85. The summed E-state index contributed by atoms with van der Waals surface area (Å²) in [4.78, 5) is 36.7. The lowest BCUT2D eigenvalue weighted by Gasteiger charge is -2.12. The van der Waals surface area contributed by atoms with Gasteiger partial charge < -0.3 is 23.7 Å². The Labute approximate surface area is 189 Å². The molecule has 0 spiro atoms. The molecule has 0 fully saturated rings. The summed E-state index contributed by atoms with van der Waals surface area (Å²) in [5, 5.41) is 0. The number of ether oxygens (including phenoxy) is 5. The van der Waals surface area contributed by atoms with E-state index in [1.54, 1.807) is 36.4 Å². The van der Waals surface area contributed by atoms with Gasteiger partial charge in [0.2, 0.25) is 0 Å². The first-order valence-corrected chi connectivity index (χ1v) is 9.64. The molecule has 0 aliphatic heterocycles. The van der Waals surface area contributed by atoms with Gasteiger partial charge in [0.25, 0.3) is 0 Å². The highest BCUT2D eigenvalue weighted by Crippen LogP contribution is 2.33. The molecule has 8 nitrogen and oxygen atoms in total. The molecule has 168 valence electrons. The summed E-state index contributed by atoms with van der Waals surface area (Å²) in [5.41, 5.74) is 0.544. The van der Waals surface area contributed by atoms with Crippen LogP contribution >= 0.6 is 0 Å². The third kappa shape index (κ3) is 5.98. The number of rotatable bonds is 8. The van der Waals surface area contributed by atoms with Gasteiger partial charge in [0.05, 0.1) is 25.3 Å². The van der Waals surface area contributed by atoms with Gasteiger partial charge in [0.15, 0.2) is 11.5 Å². The largest absolute Gasteiger partial charge is 0.497 e. The van der Waals surface area contributed by atoms with Crippen LogP contribution in [-0.4, -0.2) is 32.1 Å². The second kappa shape index (κ2) is 10.6. The molecule has 0 N–H and O–H groups in total. The predicted octanol–water partition coefficient (Wildman–Crippen LogP) is 4.23. The zero-order valence-corrected chi connectivity index (χ0v) is 17.9. The van der Waals surface area contributed by atoms with Gasteiger partial charge in [0, 0.05) is 12.1 Å². The number of carbonyl (C=O) groups excluding carboxylic acids is 3. The summed E-state index contributed by atoms with van der Waals surface area (Å²) in [5.74, 6) is -1.03. The SMILES string of the molecule is C=CC(=O)Oc1cc(OC(=O)c2ccc(OC)cc2)ccc1OC(=O)c1ccc(OC)cc1. The lowest BCUT2D eigenvalue weighted by atomic mass is 10.2. The molecule has 0 radical (unpaired) electrons. The maximum absolute atomic E-state index is 12.5. The molecule has 0 aliphatic carbocycles. The Hall–Kier alpha value is -4.59. The molecular weight excluding hydrogens is 428 g/mol. The Morgan fingerprint density at radius 2 is 1.12 bits per heavy atom. The summed E-state index contributed by atoms with van der Waals surface area (Å²) in [6, 6.07) is 16.6. The van der Waals surface area contributed by atoms with E-state index in [9.17, 15) is 14.4 Å². The smallest absolute Gasteiger partial charge is 0.343 e. The summed E-state index contributed by atoms with van der Waals surface area (Å²) < 4.78 is 26.0. The highest BCUT2D eigenvalue weighted by atomic mass is 16.6. The predicted molar refractivity (Wildman–Crippen MR) is 118 cm³/mol. The minimum atomic E-state index is -0.782. The van der Waals surface area contributed by atoms with Gasteiger partial charge in [-0.15, -0.1) is 0 Å². The van der Waals surface area contributed by atoms with Crippen LogP contribution in [0.4, 0.5) is 0 Å². The zero-order valence-electron chi connectivity index (χ0n) is 17.9. The van der Waals surface area contributed by atoms with E-state index in [1.807, 2.05) is 0 Å². The van der Waals surface area contributed by atoms with Crippen molar-refractivity contribution >= 4 is 17.9 Å². The molecular formula is C25H20O8. The van der Waals surface area contributed by atoms with Gasteiger partial charge in [-0.05, 0) is 60.7 Å². The zero-order chi connectivity index (χ0) is 23.8. The summed E-state index contributed by atoms with van der Waals surface area (Å²) in [7, 11) is 3.03. The van der Waals surface area contributed by atoms with Crippen LogP contribution in [0.1, 0.15) is 20.7 Å². The third-order valence-electron chi connectivity index (χ3n) is 4.36. The van der Waals surface area contributed by atoms with Crippen molar-refractivity contribution < 1.29 is 38.1 Å². The molecule has 0 unspecified atom stereocenters. The lowest BCUT2D eigenvalue weighted by molar-refractivity contribution is -0.129. The van der Waals surface area contributed by atoms with Gasteiger partial charge >= 0.3 is 17.9 Å². The number of methoxy groups -OCH3 is 2. The quantitative estimate of drug-likeness (QED) is 0.287. The maximum Gasteiger partial charge on any atom is 0.343 e. The summed E-state index contributed by atoms with van der Waals surface area (Å²) >= 11 is 0. The standard InChI is InChI=1S/C25H20O8/c1-4-23(26)32-22-15-20(31-24(27)16-5-9-18(29-2)10-6-16)13-14-21(22)33-25(28)17-7-11-19(30-3)12-8-17/h4-15H,1H2,2-3H3. The van der Waals surface area contributed by atoms with Crippen molar-refractivity contribution in [3.63, 3.8) is 0 Å². The number of benzene rings is 3. The van der Waals surface area contributed by atoms with E-state index in [2.05, 4.69) is 6.58 Å². The first-order valence-electron chi connectivity index (χ1n) is 9.64. The molecule has 8 heteroatoms. The molecule has 0 amide bonds. The highest BCUT2D eigenvalue weighted by molar-refractivity contribution is 5.93. The second-order valence-corrected chi connectivity index (χ2v) is 6.47. The molecule has 0 saturated heterocycles. The highest BCUT2D eigenvalue weighted by Gasteiger charge is 2.17. The lowest BCUT2D eigenvalue weighted by Crippen LogP contribution is -2.12. The van der Waals surface area contributed by atoms with Crippen LogP contribution in [0.3, 0.4) is 0 Å². The van der Waals surface area contributed by atoms with Gasteiger partial charge in [-0.2, -0.15) is 0 Å². The van der Waals surface area contributed by atoms with Gasteiger partial charge in [-0.25, -0.2) is 14.4 Å². The summed E-state index contributed by atoms with van der Waals surface area (Å²) in [6.45, 7) is 3.35. The fourth-order valence-corrected chi connectivity index (χ4v) is 2.64. The average molecular weight is 448 g/mol. The maximum atomic E-state index is 12.5. The van der Waals surface area contributed by atoms with Crippen molar-refractivity contribution in [3.8, 4) is 28.7 Å². The van der Waals surface area contributed by atoms with Crippen molar-refractivity contribution in [2.75, 3.05) is 14.2 Å². The minimum absolute atomic E-state index is 0.0461. The molecule has 0 aromatic heterocycles. The molecule has 33 heavy (non-hydrogen) atoms. The van der Waals surface area contributed by atoms with E-state index in [4.69, 9.17) is 23.7 Å². The second-order valence-electron chi connectivity index (χ2n) is 6.47. The van der Waals surface area contributed by atoms with Gasteiger partial charge in [-0.3, -0.25) is 0 Å². The third-order valence-corrected chi connectivity index (χ3v) is 4.36. The number of esters is 3. The molecule has 3 aromatic rings. The monoisotopic (exact) mass is 448 g/mol. The van der Waals surface area contributed by atoms with Crippen LogP contribution in [0.15, 0.2) is 79.4 Å². The molecule has 0 heterocycles. The van der Waals surface area contributed by atoms with E-state index in [1.165, 1.54) is 44.6 Å². The Bertz CT molecular complexity index is 1160. The van der Waals surface area contributed by atoms with Crippen molar-refractivity contribution in [1.82, 2.24) is 0 Å². The Morgan fingerprint density at radius 1 is 0.636 bits per heavy atom. The van der Waals surface area contributed by atoms with Gasteiger partial charge in [-0.1, -0.05) is 6.58 Å². The van der Waals surface area contributed by atoms with Crippen LogP contribution in [0, 0.1) is 0 Å². The van der Waals surface area contributed by atoms with Crippen LogP contribution in [0.2, 0.25) is 0 Å². The van der Waals surface area contributed by atoms with E-state index < -0.39 is 17.9 Å². The fourth-order valence-electron chi connectivity index (χ4n) is 2.64. The molecule has 0 bridgehead atoms. The number of hydrogen-bond acceptors (Lipinski definition) is 8. The van der Waals surface area contributed by atoms with E-state index in [0.29, 0.717) is 11.5 Å². The normalized spacial score (nSPS) is 10.0. The van der Waals surface area contributed by atoms with Crippen molar-refractivity contribution in [3.05, 3.63) is 90.5 Å². The van der Waals surface area contributed by atoms with Crippen molar-refractivity contribution in [1.29, 1.82) is 0 Å². The molecule has 0 aliphatic rings. The van der Waals surface area contributed by atoms with Crippen LogP contribution in [0.5, 0.6) is 28.7 Å². The van der Waals surface area contributed by atoms with E-state index >= 15 is 0 Å². The first kappa shape index (κ1) is 23.1. The van der Waals surface area contributed by atoms with Crippen molar-refractivity contribution in [2.45, 2.75) is 0 Å². The minimum Gasteiger partial charge on any atom is -0.497 e. The van der Waals surface area contributed by atoms with E-state index in [0.717, 1.165) is 6.08 Å². The topological polar surface area (TPSA) is 97.4 Å². The Kier molecular flexibility index (Phi) is 7.43. The first-order chi connectivity index (χ1) is 15.9. The van der Waals surface area contributed by atoms with Gasteiger partial charge in [0.1, 0.15) is 17.2 Å². The number of carbonyl (C=O) groups is 3. The Balaban J connectivity index is 1.81. The molecule has 3 rings (SSSR count). The summed E-state index contributed by atoms with van der Waals surface area (Å²) in [6.07, 6.45) is 0.950. The van der Waals surface area contributed by atoms with Crippen LogP contribution in [0.25, 0.3) is 0 Å². The van der Waals surface area contributed by atoms with Crippen LogP contribution in [-0.2, 0) is 4.79 Å². The molecule has 3 aromatic carbocycles.